The van der Waals surface area contributed by atoms with Crippen molar-refractivity contribution < 1.29 is 38.4 Å². The average Bonchev–Trinajstić information content (AvgIpc) is 3.46. The van der Waals surface area contributed by atoms with Crippen LogP contribution in [0.4, 0.5) is 0 Å². The summed E-state index contributed by atoms with van der Waals surface area (Å²) in [5, 5.41) is 14.2. The zero-order chi connectivity index (χ0) is 25.8. The van der Waals surface area contributed by atoms with Gasteiger partial charge in [0, 0.05) is 29.4 Å². The Kier molecular flexibility index (Phi) is 6.91. The lowest BCUT2D eigenvalue weighted by molar-refractivity contribution is -0.149. The minimum atomic E-state index is -0.720. The first-order valence-electron chi connectivity index (χ1n) is 10.8. The van der Waals surface area contributed by atoms with E-state index in [-0.39, 0.29) is 29.4 Å². The molecule has 1 amide bonds. The number of rotatable bonds is 7. The Morgan fingerprint density at radius 3 is 2.56 bits per heavy atom. The molecule has 2 heterocycles. The number of benzene rings is 2. The summed E-state index contributed by atoms with van der Waals surface area (Å²) in [5.74, 6) is -1.37. The molecule has 3 aromatic rings. The van der Waals surface area contributed by atoms with E-state index in [0.29, 0.717) is 17.0 Å². The highest BCUT2D eigenvalue weighted by molar-refractivity contribution is 5.99. The first kappa shape index (κ1) is 24.3. The van der Waals surface area contributed by atoms with Crippen LogP contribution in [0.2, 0.25) is 0 Å². The van der Waals surface area contributed by atoms with E-state index in [1.165, 1.54) is 31.3 Å². The number of esters is 2. The van der Waals surface area contributed by atoms with Gasteiger partial charge < -0.3 is 28.6 Å². The molecule has 0 unspecified atom stereocenters. The molecule has 36 heavy (non-hydrogen) atoms. The van der Waals surface area contributed by atoms with Crippen molar-refractivity contribution in [1.82, 2.24) is 9.99 Å². The zero-order valence-corrected chi connectivity index (χ0v) is 19.7. The van der Waals surface area contributed by atoms with E-state index in [1.54, 1.807) is 16.7 Å². The second-order valence-corrected chi connectivity index (χ2v) is 7.81. The van der Waals surface area contributed by atoms with E-state index >= 15 is 0 Å². The van der Waals surface area contributed by atoms with Gasteiger partial charge in [-0.25, -0.2) is 10.2 Å². The van der Waals surface area contributed by atoms with Gasteiger partial charge in [-0.1, -0.05) is 0 Å². The normalized spacial score (nSPS) is 12.0. The number of nitrogens with zero attached hydrogens (tertiary/aromatic N) is 2. The standard InChI is InChI=1S/C25H23N3O8/c1-14-4-5-15(2)28(14)20-10-17(6-8-19(20)25(32)36-12-33-16(3)29)24(31)27-26-11-18-7-9-21-23(22(18)30)35-13-34-21/h4-11,30H,12-13H2,1-3H3,(H,27,31)/b26-11+. The molecule has 0 fully saturated rings. The quantitative estimate of drug-likeness (QED) is 0.222. The number of ether oxygens (including phenoxy) is 4. The molecule has 11 heteroatoms. The molecule has 2 aromatic carbocycles. The maximum Gasteiger partial charge on any atom is 0.343 e. The molecule has 1 aromatic heterocycles. The number of hydrogen-bond acceptors (Lipinski definition) is 9. The van der Waals surface area contributed by atoms with E-state index in [0.717, 1.165) is 11.4 Å². The predicted molar refractivity (Wildman–Crippen MR) is 127 cm³/mol. The van der Waals surface area contributed by atoms with E-state index in [9.17, 15) is 19.5 Å². The van der Waals surface area contributed by atoms with Crippen molar-refractivity contribution in [3.05, 3.63) is 70.5 Å². The summed E-state index contributed by atoms with van der Waals surface area (Å²) < 4.78 is 22.0. The molecule has 0 saturated heterocycles. The maximum absolute atomic E-state index is 12.8. The Balaban J connectivity index is 1.57. The molecular formula is C25H23N3O8. The highest BCUT2D eigenvalue weighted by Crippen LogP contribution is 2.41. The fourth-order valence-electron chi connectivity index (χ4n) is 3.62. The van der Waals surface area contributed by atoms with Gasteiger partial charge >= 0.3 is 11.9 Å². The molecule has 0 bridgehead atoms. The first-order chi connectivity index (χ1) is 17.3. The van der Waals surface area contributed by atoms with Crippen molar-refractivity contribution in [2.45, 2.75) is 20.8 Å². The van der Waals surface area contributed by atoms with Crippen molar-refractivity contribution in [2.24, 2.45) is 5.10 Å². The minimum Gasteiger partial charge on any atom is -0.504 e. The fraction of sp³-hybridized carbons (Fsp3) is 0.200. The predicted octanol–water partition coefficient (Wildman–Crippen LogP) is 2.97. The summed E-state index contributed by atoms with van der Waals surface area (Å²) in [5.41, 5.74) is 5.20. The number of fused-ring (bicyclic) bond motifs is 1. The topological polar surface area (TPSA) is 138 Å². The van der Waals surface area contributed by atoms with Crippen LogP contribution in [0.15, 0.2) is 47.6 Å². The lowest BCUT2D eigenvalue weighted by Crippen LogP contribution is -2.20. The van der Waals surface area contributed by atoms with Crippen LogP contribution >= 0.6 is 0 Å². The van der Waals surface area contributed by atoms with Gasteiger partial charge in [-0.15, -0.1) is 0 Å². The summed E-state index contributed by atoms with van der Waals surface area (Å²) in [6, 6.07) is 11.4. The van der Waals surface area contributed by atoms with Crippen molar-refractivity contribution >= 4 is 24.1 Å². The van der Waals surface area contributed by atoms with Crippen LogP contribution in [-0.2, 0) is 14.3 Å². The van der Waals surface area contributed by atoms with Crippen LogP contribution < -0.4 is 14.9 Å². The zero-order valence-electron chi connectivity index (χ0n) is 19.7. The molecule has 2 N–H and O–H groups in total. The van der Waals surface area contributed by atoms with Crippen LogP contribution in [0.3, 0.4) is 0 Å². The molecule has 186 valence electrons. The third-order valence-corrected chi connectivity index (χ3v) is 5.36. The molecule has 1 aliphatic heterocycles. The van der Waals surface area contributed by atoms with Gasteiger partial charge in [0.15, 0.2) is 11.5 Å². The Hall–Kier alpha value is -4.80. The number of aromatic hydroxyl groups is 1. The van der Waals surface area contributed by atoms with Crippen LogP contribution in [0, 0.1) is 13.8 Å². The molecule has 4 rings (SSSR count). The number of nitrogens with one attached hydrogen (secondary N) is 1. The molecule has 0 radical (unpaired) electrons. The van der Waals surface area contributed by atoms with Crippen molar-refractivity contribution in [3.63, 3.8) is 0 Å². The number of carbonyl (C=O) groups is 3. The highest BCUT2D eigenvalue weighted by atomic mass is 16.7. The summed E-state index contributed by atoms with van der Waals surface area (Å²) >= 11 is 0. The van der Waals surface area contributed by atoms with Crippen molar-refractivity contribution in [1.29, 1.82) is 0 Å². The van der Waals surface area contributed by atoms with Crippen molar-refractivity contribution in [2.75, 3.05) is 13.6 Å². The number of carbonyl (C=O) groups excluding carboxylic acids is 3. The number of aromatic nitrogens is 1. The van der Waals surface area contributed by atoms with Crippen LogP contribution in [-0.4, -0.2) is 47.3 Å². The summed E-state index contributed by atoms with van der Waals surface area (Å²) in [6.07, 6.45) is 1.27. The van der Waals surface area contributed by atoms with Gasteiger partial charge in [0.1, 0.15) is 0 Å². The van der Waals surface area contributed by atoms with E-state index in [4.69, 9.17) is 14.2 Å². The van der Waals surface area contributed by atoms with Gasteiger partial charge in [-0.3, -0.25) is 9.59 Å². The summed E-state index contributed by atoms with van der Waals surface area (Å²) in [7, 11) is 0. The van der Waals surface area contributed by atoms with Gasteiger partial charge in [-0.2, -0.15) is 5.10 Å². The smallest absolute Gasteiger partial charge is 0.343 e. The van der Waals surface area contributed by atoms with Crippen LogP contribution in [0.25, 0.3) is 5.69 Å². The van der Waals surface area contributed by atoms with E-state index < -0.39 is 24.6 Å². The molecule has 1 aliphatic rings. The van der Waals surface area contributed by atoms with Crippen LogP contribution in [0.1, 0.15) is 44.6 Å². The molecule has 11 nitrogen and oxygen atoms in total. The summed E-state index contributed by atoms with van der Waals surface area (Å²) in [4.78, 5) is 36.5. The second-order valence-electron chi connectivity index (χ2n) is 7.81. The molecule has 0 spiro atoms. The Bertz CT molecular complexity index is 1360. The third-order valence-electron chi connectivity index (χ3n) is 5.36. The molecule has 0 atom stereocenters. The molecular weight excluding hydrogens is 470 g/mol. The third kappa shape index (κ3) is 4.99. The second kappa shape index (κ2) is 10.2. The SMILES string of the molecule is CC(=O)OCOC(=O)c1ccc(C(=O)N/N=C/c2ccc3c(c2O)OCO3)cc1-n1c(C)ccc1C. The minimum absolute atomic E-state index is 0.0101. The lowest BCUT2D eigenvalue weighted by atomic mass is 10.1. The number of phenols is 1. The van der Waals surface area contributed by atoms with Gasteiger partial charge in [-0.05, 0) is 56.3 Å². The average molecular weight is 493 g/mol. The Morgan fingerprint density at radius 2 is 1.83 bits per heavy atom. The number of amides is 1. The monoisotopic (exact) mass is 493 g/mol. The van der Waals surface area contributed by atoms with Gasteiger partial charge in [0.05, 0.1) is 17.5 Å². The number of hydrazone groups is 1. The van der Waals surface area contributed by atoms with Crippen molar-refractivity contribution in [3.8, 4) is 22.9 Å². The number of phenolic OH excluding ortho intramolecular Hbond substituents is 1. The summed E-state index contributed by atoms with van der Waals surface area (Å²) in [6.45, 7) is 4.40. The first-order valence-corrected chi connectivity index (χ1v) is 10.8. The van der Waals surface area contributed by atoms with E-state index in [1.807, 2.05) is 26.0 Å². The Labute approximate surface area is 205 Å². The molecule has 0 saturated carbocycles. The maximum atomic E-state index is 12.8. The van der Waals surface area contributed by atoms with Gasteiger partial charge in [0.2, 0.25) is 19.3 Å². The van der Waals surface area contributed by atoms with E-state index in [2.05, 4.69) is 15.3 Å². The van der Waals surface area contributed by atoms with Gasteiger partial charge in [0.25, 0.3) is 5.91 Å². The largest absolute Gasteiger partial charge is 0.504 e. The fourth-order valence-corrected chi connectivity index (χ4v) is 3.62. The number of aryl methyl sites for hydroxylation is 2. The highest BCUT2D eigenvalue weighted by Gasteiger charge is 2.21. The lowest BCUT2D eigenvalue weighted by Gasteiger charge is -2.15. The number of hydrogen-bond donors (Lipinski definition) is 2. The Morgan fingerprint density at radius 1 is 1.08 bits per heavy atom. The van der Waals surface area contributed by atoms with Crippen LogP contribution in [0.5, 0.6) is 17.2 Å². The molecule has 0 aliphatic carbocycles.